The van der Waals surface area contributed by atoms with Crippen LogP contribution in [0, 0.1) is 24.1 Å². The number of pyridine rings is 2. The number of hydrogen-bond acceptors (Lipinski definition) is 6. The third-order valence-corrected chi connectivity index (χ3v) is 5.66. The largest absolute Gasteiger partial charge is 0.302 e. The van der Waals surface area contributed by atoms with Crippen LogP contribution in [0.4, 0.5) is 24.5 Å². The molecule has 168 valence electrons. The summed E-state index contributed by atoms with van der Waals surface area (Å²) in [4.78, 5) is 35.8. The minimum absolute atomic E-state index is 0.0140. The molecule has 1 aliphatic rings. The molecule has 0 spiro atoms. The Morgan fingerprint density at radius 1 is 1.18 bits per heavy atom. The summed E-state index contributed by atoms with van der Waals surface area (Å²) in [7, 11) is 0. The normalized spacial score (nSPS) is 15.6. The van der Waals surface area contributed by atoms with Crippen LogP contribution in [-0.4, -0.2) is 30.9 Å². The fourth-order valence-electron chi connectivity index (χ4n) is 3.66. The van der Waals surface area contributed by atoms with Crippen LogP contribution in [0.3, 0.4) is 0 Å². The SMILES string of the molecule is Cc1cc(N2C(=O)C(C)(C)N(c3cc(F)c4nc(C(F)F)cc(=O)n4c3)C2=S)cnc1C#N. The van der Waals surface area contributed by atoms with Gasteiger partial charge >= 0.3 is 0 Å². The van der Waals surface area contributed by atoms with Gasteiger partial charge < -0.3 is 4.90 Å². The minimum atomic E-state index is -3.04. The zero-order valence-electron chi connectivity index (χ0n) is 17.5. The Labute approximate surface area is 190 Å². The molecule has 0 saturated carbocycles. The van der Waals surface area contributed by atoms with E-state index in [-0.39, 0.29) is 16.5 Å². The Hall–Kier alpha value is -3.85. The number of alkyl halides is 2. The Bertz CT molecular complexity index is 1450. The van der Waals surface area contributed by atoms with Crippen LogP contribution in [0.1, 0.15) is 37.2 Å². The summed E-state index contributed by atoms with van der Waals surface area (Å²) < 4.78 is 41.6. The van der Waals surface area contributed by atoms with Gasteiger partial charge in [-0.3, -0.25) is 18.9 Å². The molecule has 0 aromatic carbocycles. The van der Waals surface area contributed by atoms with Crippen molar-refractivity contribution in [1.29, 1.82) is 5.26 Å². The van der Waals surface area contributed by atoms with E-state index >= 15 is 0 Å². The maximum atomic E-state index is 14.9. The summed E-state index contributed by atoms with van der Waals surface area (Å²) in [5, 5.41) is 9.08. The summed E-state index contributed by atoms with van der Waals surface area (Å²) in [6.07, 6.45) is -0.519. The molecule has 1 fully saturated rings. The van der Waals surface area contributed by atoms with Gasteiger partial charge in [0.1, 0.15) is 23.0 Å². The average Bonchev–Trinajstić information content (AvgIpc) is 2.92. The average molecular weight is 472 g/mol. The lowest BCUT2D eigenvalue weighted by atomic mass is 10.0. The van der Waals surface area contributed by atoms with Gasteiger partial charge in [0.15, 0.2) is 16.6 Å². The molecule has 0 N–H and O–H groups in total. The van der Waals surface area contributed by atoms with Crippen molar-refractivity contribution >= 4 is 40.3 Å². The van der Waals surface area contributed by atoms with Crippen LogP contribution < -0.4 is 15.4 Å². The second kappa shape index (κ2) is 7.63. The van der Waals surface area contributed by atoms with Crippen molar-refractivity contribution in [3.8, 4) is 6.07 Å². The third-order valence-electron chi connectivity index (χ3n) is 5.30. The smallest absolute Gasteiger partial charge is 0.280 e. The van der Waals surface area contributed by atoms with Crippen LogP contribution >= 0.6 is 12.2 Å². The molecule has 1 saturated heterocycles. The molecule has 33 heavy (non-hydrogen) atoms. The summed E-state index contributed by atoms with van der Waals surface area (Å²) in [6.45, 7) is 4.79. The van der Waals surface area contributed by atoms with E-state index in [0.717, 1.165) is 10.5 Å². The van der Waals surface area contributed by atoms with Gasteiger partial charge in [0.2, 0.25) is 0 Å². The number of aromatic nitrogens is 3. The van der Waals surface area contributed by atoms with E-state index in [1.54, 1.807) is 26.8 Å². The van der Waals surface area contributed by atoms with Crippen molar-refractivity contribution in [2.75, 3.05) is 9.80 Å². The second-order valence-electron chi connectivity index (χ2n) is 7.85. The topological polar surface area (TPSA) is 94.6 Å². The number of hydrogen-bond donors (Lipinski definition) is 0. The molecule has 3 aromatic rings. The molecule has 4 heterocycles. The van der Waals surface area contributed by atoms with Crippen molar-refractivity contribution in [3.05, 3.63) is 63.7 Å². The molecule has 0 aliphatic carbocycles. The fraction of sp³-hybridized carbons (Fsp3) is 0.238. The number of rotatable bonds is 3. The van der Waals surface area contributed by atoms with Crippen LogP contribution in [0.15, 0.2) is 35.4 Å². The second-order valence-corrected chi connectivity index (χ2v) is 8.21. The number of fused-ring (bicyclic) bond motifs is 1. The lowest BCUT2D eigenvalue weighted by Crippen LogP contribution is -2.44. The number of carbonyl (C=O) groups excluding carboxylic acids is 1. The number of amides is 1. The van der Waals surface area contributed by atoms with E-state index in [4.69, 9.17) is 17.5 Å². The van der Waals surface area contributed by atoms with Crippen molar-refractivity contribution < 1.29 is 18.0 Å². The number of thiocarbonyl (C=S) groups is 1. The van der Waals surface area contributed by atoms with Crippen LogP contribution in [-0.2, 0) is 4.79 Å². The van der Waals surface area contributed by atoms with Gasteiger partial charge in [-0.2, -0.15) is 5.26 Å². The molecule has 0 radical (unpaired) electrons. The number of anilines is 2. The predicted molar refractivity (Wildman–Crippen MR) is 117 cm³/mol. The van der Waals surface area contributed by atoms with E-state index in [0.29, 0.717) is 17.3 Å². The van der Waals surface area contributed by atoms with Crippen molar-refractivity contribution in [2.24, 2.45) is 0 Å². The first-order valence-corrected chi connectivity index (χ1v) is 9.94. The highest BCUT2D eigenvalue weighted by Gasteiger charge is 2.50. The number of aryl methyl sites for hydroxylation is 1. The molecule has 0 unspecified atom stereocenters. The highest BCUT2D eigenvalue weighted by Crippen LogP contribution is 2.37. The number of halogens is 3. The van der Waals surface area contributed by atoms with Gasteiger partial charge in [0, 0.05) is 18.3 Å². The van der Waals surface area contributed by atoms with Crippen molar-refractivity contribution in [1.82, 2.24) is 14.4 Å². The lowest BCUT2D eigenvalue weighted by Gasteiger charge is -2.29. The monoisotopic (exact) mass is 472 g/mol. The van der Waals surface area contributed by atoms with Gasteiger partial charge in [-0.15, -0.1) is 0 Å². The first-order chi connectivity index (χ1) is 15.5. The molecular weight excluding hydrogens is 457 g/mol. The maximum Gasteiger partial charge on any atom is 0.280 e. The van der Waals surface area contributed by atoms with E-state index < -0.39 is 40.6 Å². The maximum absolute atomic E-state index is 14.9. The number of nitriles is 1. The summed E-state index contributed by atoms with van der Waals surface area (Å²) in [5.74, 6) is -1.48. The molecule has 0 atom stereocenters. The Balaban J connectivity index is 1.86. The molecule has 1 amide bonds. The van der Waals surface area contributed by atoms with Crippen LogP contribution in [0.25, 0.3) is 5.65 Å². The quantitative estimate of drug-likeness (QED) is 0.540. The van der Waals surface area contributed by atoms with E-state index in [9.17, 15) is 22.8 Å². The van der Waals surface area contributed by atoms with Gasteiger partial charge in [-0.25, -0.2) is 23.1 Å². The highest BCUT2D eigenvalue weighted by atomic mass is 32.1. The summed E-state index contributed by atoms with van der Waals surface area (Å²) in [6, 6.07) is 5.12. The molecule has 3 aromatic heterocycles. The van der Waals surface area contributed by atoms with Crippen LogP contribution in [0.2, 0.25) is 0 Å². The van der Waals surface area contributed by atoms with E-state index in [2.05, 4.69) is 9.97 Å². The third kappa shape index (κ3) is 3.41. The van der Waals surface area contributed by atoms with Gasteiger partial charge in [-0.05, 0) is 44.6 Å². The number of nitrogens with zero attached hydrogens (tertiary/aromatic N) is 6. The molecule has 4 rings (SSSR count). The predicted octanol–water partition coefficient (Wildman–Crippen LogP) is 3.26. The highest BCUT2D eigenvalue weighted by molar-refractivity contribution is 7.81. The molecule has 1 aliphatic heterocycles. The van der Waals surface area contributed by atoms with Gasteiger partial charge in [0.05, 0.1) is 17.6 Å². The molecule has 12 heteroatoms. The lowest BCUT2D eigenvalue weighted by molar-refractivity contribution is -0.120. The first kappa shape index (κ1) is 22.3. The molecule has 0 bridgehead atoms. The first-order valence-electron chi connectivity index (χ1n) is 9.54. The zero-order valence-corrected chi connectivity index (χ0v) is 18.3. The fourth-order valence-corrected chi connectivity index (χ4v) is 4.18. The van der Waals surface area contributed by atoms with Crippen LogP contribution in [0.5, 0.6) is 0 Å². The summed E-state index contributed by atoms with van der Waals surface area (Å²) in [5.41, 5.74) is -2.51. The molecular formula is C21H15F3N6O2S. The van der Waals surface area contributed by atoms with Gasteiger partial charge in [0.25, 0.3) is 17.9 Å². The molecule has 8 nitrogen and oxygen atoms in total. The number of carbonyl (C=O) groups is 1. The zero-order chi connectivity index (χ0) is 24.2. The Morgan fingerprint density at radius 3 is 2.48 bits per heavy atom. The Morgan fingerprint density at radius 2 is 1.88 bits per heavy atom. The van der Waals surface area contributed by atoms with Crippen molar-refractivity contribution in [2.45, 2.75) is 32.7 Å². The Kier molecular flexibility index (Phi) is 5.17. The van der Waals surface area contributed by atoms with Gasteiger partial charge in [-0.1, -0.05) is 0 Å². The minimum Gasteiger partial charge on any atom is -0.302 e. The van der Waals surface area contributed by atoms with E-state index in [1.807, 2.05) is 6.07 Å². The van der Waals surface area contributed by atoms with Crippen molar-refractivity contribution in [3.63, 3.8) is 0 Å². The summed E-state index contributed by atoms with van der Waals surface area (Å²) >= 11 is 5.52. The van der Waals surface area contributed by atoms with E-state index in [1.165, 1.54) is 22.2 Å². The standard InChI is InChI=1S/C21H15F3N6O2S/c1-10-4-11(8-26-15(10)7-25)29-19(32)21(2,3)30(20(29)33)12-5-13(22)18-27-14(17(23)24)6-16(31)28(18)9-12/h4-6,8-9,17H,1-3H3.